The van der Waals surface area contributed by atoms with Gasteiger partial charge in [0.05, 0.1) is 0 Å². The first-order valence-electron chi connectivity index (χ1n) is 4.48. The van der Waals surface area contributed by atoms with Crippen molar-refractivity contribution in [1.82, 2.24) is 0 Å². The molecule has 0 radical (unpaired) electrons. The van der Waals surface area contributed by atoms with Gasteiger partial charge in [-0.1, -0.05) is 43.7 Å². The first kappa shape index (κ1) is 9.60. The van der Waals surface area contributed by atoms with Gasteiger partial charge < -0.3 is 4.74 Å². The smallest absolute Gasteiger partial charge is 0.286 e. The molecule has 0 aromatic heterocycles. The van der Waals surface area contributed by atoms with Gasteiger partial charge >= 0.3 is 0 Å². The van der Waals surface area contributed by atoms with Crippen LogP contribution in [0, 0.1) is 11.5 Å². The van der Waals surface area contributed by atoms with Gasteiger partial charge in [0.15, 0.2) is 0 Å². The standard InChI is InChI=1S/C11H13NO/c1-2-6-11(13-9-12)10-7-4-3-5-8-10/h3-5,7-8,11H,2,6H2,1H3. The minimum absolute atomic E-state index is 0.0730. The molecule has 1 unspecified atom stereocenters. The van der Waals surface area contributed by atoms with Crippen LogP contribution in [0.3, 0.4) is 0 Å². The number of nitriles is 1. The number of hydrogen-bond acceptors (Lipinski definition) is 2. The molecule has 68 valence electrons. The fraction of sp³-hybridized carbons (Fsp3) is 0.364. The van der Waals surface area contributed by atoms with Crippen LogP contribution >= 0.6 is 0 Å². The lowest BCUT2D eigenvalue weighted by atomic mass is 10.1. The summed E-state index contributed by atoms with van der Waals surface area (Å²) in [7, 11) is 0. The van der Waals surface area contributed by atoms with Crippen molar-refractivity contribution in [2.24, 2.45) is 0 Å². The number of benzene rings is 1. The quantitative estimate of drug-likeness (QED) is 0.659. The van der Waals surface area contributed by atoms with Gasteiger partial charge in [0.2, 0.25) is 0 Å². The molecule has 0 aliphatic rings. The maximum absolute atomic E-state index is 8.45. The van der Waals surface area contributed by atoms with Crippen LogP contribution in [0.25, 0.3) is 0 Å². The Kier molecular flexibility index (Phi) is 3.84. The lowest BCUT2D eigenvalue weighted by molar-refractivity contribution is 0.153. The molecule has 0 bridgehead atoms. The van der Waals surface area contributed by atoms with Gasteiger partial charge in [-0.05, 0) is 12.0 Å². The molecule has 0 spiro atoms. The largest absolute Gasteiger partial charge is 0.419 e. The predicted molar refractivity (Wildman–Crippen MR) is 50.8 cm³/mol. The topological polar surface area (TPSA) is 33.0 Å². The molecule has 2 heteroatoms. The van der Waals surface area contributed by atoms with E-state index in [1.54, 1.807) is 6.26 Å². The minimum Gasteiger partial charge on any atom is -0.419 e. The van der Waals surface area contributed by atoms with Crippen molar-refractivity contribution in [3.05, 3.63) is 35.9 Å². The van der Waals surface area contributed by atoms with Crippen molar-refractivity contribution in [2.45, 2.75) is 25.9 Å². The highest BCUT2D eigenvalue weighted by molar-refractivity contribution is 5.17. The van der Waals surface area contributed by atoms with Gasteiger partial charge in [-0.15, -0.1) is 0 Å². The normalized spacial score (nSPS) is 11.7. The minimum atomic E-state index is -0.0730. The van der Waals surface area contributed by atoms with E-state index in [-0.39, 0.29) is 6.10 Å². The highest BCUT2D eigenvalue weighted by Crippen LogP contribution is 2.21. The second-order valence-corrected chi connectivity index (χ2v) is 2.90. The van der Waals surface area contributed by atoms with Crippen LogP contribution in [0.4, 0.5) is 0 Å². The Labute approximate surface area is 78.8 Å². The van der Waals surface area contributed by atoms with Gasteiger partial charge in [-0.2, -0.15) is 5.26 Å². The third kappa shape index (κ3) is 2.79. The molecule has 1 rings (SSSR count). The average Bonchev–Trinajstić information content (AvgIpc) is 2.19. The van der Waals surface area contributed by atoms with Crippen LogP contribution < -0.4 is 0 Å². The van der Waals surface area contributed by atoms with E-state index in [0.29, 0.717) is 0 Å². The van der Waals surface area contributed by atoms with Crippen molar-refractivity contribution in [3.8, 4) is 6.26 Å². The van der Waals surface area contributed by atoms with Crippen molar-refractivity contribution >= 4 is 0 Å². The summed E-state index contributed by atoms with van der Waals surface area (Å²) < 4.78 is 4.97. The molecule has 1 atom stereocenters. The molecule has 2 nitrogen and oxygen atoms in total. The fourth-order valence-electron chi connectivity index (χ4n) is 1.29. The highest BCUT2D eigenvalue weighted by atomic mass is 16.5. The van der Waals surface area contributed by atoms with Crippen LogP contribution in [0.15, 0.2) is 30.3 Å². The molecule has 0 aliphatic carbocycles. The summed E-state index contributed by atoms with van der Waals surface area (Å²) in [5, 5.41) is 8.45. The van der Waals surface area contributed by atoms with E-state index in [4.69, 9.17) is 10.00 Å². The van der Waals surface area contributed by atoms with E-state index in [1.807, 2.05) is 30.3 Å². The molecule has 13 heavy (non-hydrogen) atoms. The third-order valence-corrected chi connectivity index (χ3v) is 1.92. The van der Waals surface area contributed by atoms with Crippen LogP contribution in [0.2, 0.25) is 0 Å². The van der Waals surface area contributed by atoms with E-state index in [1.165, 1.54) is 0 Å². The first-order valence-corrected chi connectivity index (χ1v) is 4.48. The van der Waals surface area contributed by atoms with Crippen molar-refractivity contribution in [3.63, 3.8) is 0 Å². The molecule has 1 aromatic carbocycles. The second kappa shape index (κ2) is 5.21. The zero-order valence-electron chi connectivity index (χ0n) is 7.73. The number of hydrogen-bond donors (Lipinski definition) is 0. The van der Waals surface area contributed by atoms with Crippen LogP contribution in [-0.4, -0.2) is 0 Å². The summed E-state index contributed by atoms with van der Waals surface area (Å²) >= 11 is 0. The van der Waals surface area contributed by atoms with E-state index in [0.717, 1.165) is 18.4 Å². The maximum Gasteiger partial charge on any atom is 0.286 e. The molecule has 0 saturated heterocycles. The second-order valence-electron chi connectivity index (χ2n) is 2.90. The van der Waals surface area contributed by atoms with Crippen LogP contribution in [0.5, 0.6) is 0 Å². The fourth-order valence-corrected chi connectivity index (χ4v) is 1.29. The maximum atomic E-state index is 8.45. The molecule has 0 fully saturated rings. The SMILES string of the molecule is CCCC(OC#N)c1ccccc1. The lowest BCUT2D eigenvalue weighted by Gasteiger charge is -2.12. The summed E-state index contributed by atoms with van der Waals surface area (Å²) in [5.41, 5.74) is 1.07. The zero-order valence-corrected chi connectivity index (χ0v) is 7.73. The van der Waals surface area contributed by atoms with Crippen LogP contribution in [-0.2, 0) is 4.74 Å². The van der Waals surface area contributed by atoms with E-state index >= 15 is 0 Å². The monoisotopic (exact) mass is 175 g/mol. The average molecular weight is 175 g/mol. The van der Waals surface area contributed by atoms with Crippen LogP contribution in [0.1, 0.15) is 31.4 Å². The summed E-state index contributed by atoms with van der Waals surface area (Å²) in [6, 6.07) is 9.84. The summed E-state index contributed by atoms with van der Waals surface area (Å²) in [6.07, 6.45) is 3.58. The number of rotatable bonds is 4. The van der Waals surface area contributed by atoms with Gasteiger partial charge in [0, 0.05) is 0 Å². The van der Waals surface area contributed by atoms with E-state index < -0.39 is 0 Å². The number of ether oxygens (including phenoxy) is 1. The number of nitrogens with zero attached hydrogens (tertiary/aromatic N) is 1. The molecule has 0 saturated carbocycles. The molecule has 1 aromatic rings. The Morgan fingerprint density at radius 1 is 1.38 bits per heavy atom. The first-order chi connectivity index (χ1) is 6.38. The highest BCUT2D eigenvalue weighted by Gasteiger charge is 2.09. The zero-order chi connectivity index (χ0) is 9.52. The van der Waals surface area contributed by atoms with Gasteiger partial charge in [0.1, 0.15) is 6.10 Å². The Morgan fingerprint density at radius 3 is 2.62 bits per heavy atom. The Balaban J connectivity index is 2.71. The molecular formula is C11H13NO. The Hall–Kier alpha value is -1.49. The summed E-state index contributed by atoms with van der Waals surface area (Å²) in [6.45, 7) is 2.08. The molecule has 0 N–H and O–H groups in total. The summed E-state index contributed by atoms with van der Waals surface area (Å²) in [5.74, 6) is 0. The Bertz CT molecular complexity index is 276. The Morgan fingerprint density at radius 2 is 2.08 bits per heavy atom. The molecular weight excluding hydrogens is 162 g/mol. The molecule has 0 aliphatic heterocycles. The van der Waals surface area contributed by atoms with Gasteiger partial charge in [0.25, 0.3) is 6.26 Å². The molecule has 0 heterocycles. The van der Waals surface area contributed by atoms with Crippen molar-refractivity contribution < 1.29 is 4.74 Å². The lowest BCUT2D eigenvalue weighted by Crippen LogP contribution is -1.99. The third-order valence-electron chi connectivity index (χ3n) is 1.92. The molecule has 0 amide bonds. The van der Waals surface area contributed by atoms with Gasteiger partial charge in [-0.3, -0.25) is 0 Å². The summed E-state index contributed by atoms with van der Waals surface area (Å²) in [4.78, 5) is 0. The van der Waals surface area contributed by atoms with E-state index in [2.05, 4.69) is 6.92 Å². The predicted octanol–water partition coefficient (Wildman–Crippen LogP) is 3.03. The van der Waals surface area contributed by atoms with Gasteiger partial charge in [-0.25, -0.2) is 0 Å². The van der Waals surface area contributed by atoms with Crippen molar-refractivity contribution in [2.75, 3.05) is 0 Å². The van der Waals surface area contributed by atoms with Crippen molar-refractivity contribution in [1.29, 1.82) is 5.26 Å². The van der Waals surface area contributed by atoms with E-state index in [9.17, 15) is 0 Å².